The van der Waals surface area contributed by atoms with Crippen LogP contribution in [0.15, 0.2) is 6.07 Å². The maximum atomic E-state index is 12.8. The first-order valence-electron chi connectivity index (χ1n) is 8.42. The van der Waals surface area contributed by atoms with Gasteiger partial charge in [-0.05, 0) is 25.0 Å². The molecule has 0 saturated carbocycles. The number of nitrogens with one attached hydrogen (secondary N) is 1. The largest absolute Gasteiger partial charge is 0.354 e. The van der Waals surface area contributed by atoms with Crippen LogP contribution in [0.1, 0.15) is 35.1 Å². The third kappa shape index (κ3) is 2.68. The van der Waals surface area contributed by atoms with Gasteiger partial charge in [-0.2, -0.15) is 0 Å². The molecule has 0 spiro atoms. The van der Waals surface area contributed by atoms with E-state index in [9.17, 15) is 14.4 Å². The van der Waals surface area contributed by atoms with E-state index < -0.39 is 0 Å². The van der Waals surface area contributed by atoms with Crippen LogP contribution < -0.4 is 5.32 Å². The lowest BCUT2D eigenvalue weighted by Gasteiger charge is -2.30. The first kappa shape index (κ1) is 16.5. The number of hydrogen-bond acceptors (Lipinski definition) is 3. The van der Waals surface area contributed by atoms with Gasteiger partial charge < -0.3 is 19.7 Å². The van der Waals surface area contributed by atoms with Crippen molar-refractivity contribution in [3.63, 3.8) is 0 Å². The van der Waals surface area contributed by atoms with E-state index in [1.165, 1.54) is 0 Å². The summed E-state index contributed by atoms with van der Waals surface area (Å²) >= 11 is 0. The van der Waals surface area contributed by atoms with Gasteiger partial charge in [0.15, 0.2) is 0 Å². The maximum absolute atomic E-state index is 12.8. The number of amides is 3. The molecule has 2 aliphatic heterocycles. The Morgan fingerprint density at radius 2 is 2.12 bits per heavy atom. The smallest absolute Gasteiger partial charge is 0.267 e. The van der Waals surface area contributed by atoms with Crippen molar-refractivity contribution in [2.75, 3.05) is 26.7 Å². The Bertz CT molecular complexity index is 694. The van der Waals surface area contributed by atoms with Gasteiger partial charge in [-0.3, -0.25) is 14.4 Å². The summed E-state index contributed by atoms with van der Waals surface area (Å²) in [5.74, 6) is -0.246. The van der Waals surface area contributed by atoms with E-state index in [0.717, 1.165) is 17.7 Å². The Hall–Kier alpha value is -2.31. The second-order valence-electron chi connectivity index (χ2n) is 6.48. The van der Waals surface area contributed by atoms with Crippen molar-refractivity contribution in [1.29, 1.82) is 0 Å². The summed E-state index contributed by atoms with van der Waals surface area (Å²) < 4.78 is 1.87. The van der Waals surface area contributed by atoms with Crippen LogP contribution in [0.3, 0.4) is 0 Å². The summed E-state index contributed by atoms with van der Waals surface area (Å²) in [6.07, 6.45) is 1.05. The van der Waals surface area contributed by atoms with Crippen molar-refractivity contribution < 1.29 is 14.4 Å². The van der Waals surface area contributed by atoms with Gasteiger partial charge in [0.2, 0.25) is 11.8 Å². The highest BCUT2D eigenvalue weighted by Gasteiger charge is 2.37. The topological polar surface area (TPSA) is 74.7 Å². The van der Waals surface area contributed by atoms with E-state index in [-0.39, 0.29) is 23.6 Å². The minimum Gasteiger partial charge on any atom is -0.354 e. The van der Waals surface area contributed by atoms with Crippen molar-refractivity contribution >= 4 is 17.7 Å². The summed E-state index contributed by atoms with van der Waals surface area (Å²) in [7, 11) is 3.47. The quantitative estimate of drug-likeness (QED) is 0.855. The predicted molar refractivity (Wildman–Crippen MR) is 88.3 cm³/mol. The van der Waals surface area contributed by atoms with Crippen LogP contribution in [0, 0.1) is 5.92 Å². The highest BCUT2D eigenvalue weighted by Crippen LogP contribution is 2.26. The molecule has 1 N–H and O–H groups in total. The zero-order chi connectivity index (χ0) is 17.4. The van der Waals surface area contributed by atoms with E-state index in [1.54, 1.807) is 11.9 Å². The van der Waals surface area contributed by atoms with Crippen LogP contribution in [0.2, 0.25) is 0 Å². The first-order chi connectivity index (χ1) is 11.5. The summed E-state index contributed by atoms with van der Waals surface area (Å²) in [4.78, 5) is 40.2. The number of fused-ring (bicyclic) bond motifs is 1. The highest BCUT2D eigenvalue weighted by molar-refractivity contribution is 5.93. The van der Waals surface area contributed by atoms with Gasteiger partial charge in [-0.15, -0.1) is 0 Å². The SMILES string of the molecule is CCN1C[C@H](C(=O)N2CCc3cc(C(=O)NC)n(C)c3C2)CC1=O. The average Bonchev–Trinajstić information content (AvgIpc) is 3.13. The summed E-state index contributed by atoms with van der Waals surface area (Å²) in [6, 6.07) is 1.91. The van der Waals surface area contributed by atoms with Crippen LogP contribution >= 0.6 is 0 Å². The molecule has 1 aromatic heterocycles. The summed E-state index contributed by atoms with van der Waals surface area (Å²) in [6.45, 7) is 4.24. The van der Waals surface area contributed by atoms with E-state index in [4.69, 9.17) is 0 Å². The molecule has 0 aromatic carbocycles. The molecule has 0 radical (unpaired) electrons. The average molecular weight is 332 g/mol. The molecule has 0 aliphatic carbocycles. The standard InChI is InChI=1S/C17H24N4O3/c1-4-20-9-12(8-15(20)22)17(24)21-6-5-11-7-13(16(23)18-2)19(3)14(11)10-21/h7,12H,4-6,8-10H2,1-3H3,(H,18,23)/t12-/m1/s1. The van der Waals surface area contributed by atoms with Gasteiger partial charge in [-0.25, -0.2) is 0 Å². The van der Waals surface area contributed by atoms with E-state index in [2.05, 4.69) is 5.32 Å². The zero-order valence-corrected chi connectivity index (χ0v) is 14.5. The van der Waals surface area contributed by atoms with Gasteiger partial charge >= 0.3 is 0 Å². The lowest BCUT2D eigenvalue weighted by molar-refractivity contribution is -0.136. The molecule has 2 aliphatic rings. The van der Waals surface area contributed by atoms with E-state index >= 15 is 0 Å². The fourth-order valence-electron chi connectivity index (χ4n) is 3.68. The lowest BCUT2D eigenvalue weighted by atomic mass is 10.0. The molecule has 7 heteroatoms. The number of carbonyl (C=O) groups is 3. The number of aromatic nitrogens is 1. The molecule has 1 atom stereocenters. The maximum Gasteiger partial charge on any atom is 0.267 e. The van der Waals surface area contributed by atoms with Gasteiger partial charge in [0.25, 0.3) is 5.91 Å². The van der Waals surface area contributed by atoms with Crippen molar-refractivity contribution in [3.8, 4) is 0 Å². The third-order valence-electron chi connectivity index (χ3n) is 5.16. The van der Waals surface area contributed by atoms with Crippen molar-refractivity contribution in [1.82, 2.24) is 19.7 Å². The first-order valence-corrected chi connectivity index (χ1v) is 8.42. The second kappa shape index (κ2) is 6.30. The molecule has 3 heterocycles. The Balaban J connectivity index is 1.75. The fourth-order valence-corrected chi connectivity index (χ4v) is 3.68. The molecular weight excluding hydrogens is 308 g/mol. The van der Waals surface area contributed by atoms with Crippen LogP contribution in [0.5, 0.6) is 0 Å². The summed E-state index contributed by atoms with van der Waals surface area (Å²) in [5.41, 5.74) is 2.74. The molecular formula is C17H24N4O3. The lowest BCUT2D eigenvalue weighted by Crippen LogP contribution is -2.41. The predicted octanol–water partition coefficient (Wildman–Crippen LogP) is 0.138. The molecule has 7 nitrogen and oxygen atoms in total. The molecule has 130 valence electrons. The number of hydrogen-bond donors (Lipinski definition) is 1. The van der Waals surface area contributed by atoms with Gasteiger partial charge in [0.1, 0.15) is 5.69 Å². The van der Waals surface area contributed by atoms with Crippen molar-refractivity contribution in [2.24, 2.45) is 13.0 Å². The number of carbonyl (C=O) groups excluding carboxylic acids is 3. The van der Waals surface area contributed by atoms with E-state index in [1.807, 2.05) is 29.5 Å². The molecule has 1 fully saturated rings. The Labute approximate surface area is 141 Å². The van der Waals surface area contributed by atoms with Crippen LogP contribution in [-0.2, 0) is 29.6 Å². The Morgan fingerprint density at radius 1 is 1.38 bits per heavy atom. The van der Waals surface area contributed by atoms with E-state index in [0.29, 0.717) is 38.3 Å². The normalized spacial score (nSPS) is 20.3. The van der Waals surface area contributed by atoms with Crippen molar-refractivity contribution in [2.45, 2.75) is 26.3 Å². The number of nitrogens with zero attached hydrogens (tertiary/aromatic N) is 3. The number of rotatable bonds is 3. The fraction of sp³-hybridized carbons (Fsp3) is 0.588. The van der Waals surface area contributed by atoms with Crippen LogP contribution in [0.25, 0.3) is 0 Å². The van der Waals surface area contributed by atoms with Gasteiger partial charge in [0, 0.05) is 45.8 Å². The van der Waals surface area contributed by atoms with Gasteiger partial charge in [0.05, 0.1) is 12.5 Å². The molecule has 3 amide bonds. The van der Waals surface area contributed by atoms with Crippen molar-refractivity contribution in [3.05, 3.63) is 23.0 Å². The number of likely N-dealkylation sites (tertiary alicyclic amines) is 1. The Kier molecular flexibility index (Phi) is 4.34. The molecule has 0 bridgehead atoms. The molecule has 24 heavy (non-hydrogen) atoms. The zero-order valence-electron chi connectivity index (χ0n) is 14.5. The molecule has 1 aromatic rings. The van der Waals surface area contributed by atoms with Gasteiger partial charge in [-0.1, -0.05) is 0 Å². The van der Waals surface area contributed by atoms with Crippen LogP contribution in [0.4, 0.5) is 0 Å². The molecule has 0 unspecified atom stereocenters. The minimum absolute atomic E-state index is 0.0487. The monoisotopic (exact) mass is 332 g/mol. The molecule has 1 saturated heterocycles. The highest BCUT2D eigenvalue weighted by atomic mass is 16.2. The third-order valence-corrected chi connectivity index (χ3v) is 5.16. The molecule has 3 rings (SSSR count). The van der Waals surface area contributed by atoms with Crippen LogP contribution in [-0.4, -0.2) is 58.8 Å². The minimum atomic E-state index is -0.238. The summed E-state index contributed by atoms with van der Waals surface area (Å²) in [5, 5.41) is 2.64. The Morgan fingerprint density at radius 3 is 2.75 bits per heavy atom. The second-order valence-corrected chi connectivity index (χ2v) is 6.48.